The van der Waals surface area contributed by atoms with Crippen LogP contribution in [0.5, 0.6) is 0 Å². The molecular formula is C15H24FN. The number of unbranched alkanes of at least 4 members (excludes halogenated alkanes) is 1. The molecule has 2 heteroatoms. The van der Waals surface area contributed by atoms with Crippen LogP contribution < -0.4 is 5.32 Å². The first kappa shape index (κ1) is 14.0. The Bertz CT molecular complexity index is 336. The molecule has 0 bridgehead atoms. The summed E-state index contributed by atoms with van der Waals surface area (Å²) in [5.74, 6) is 0.561. The highest BCUT2D eigenvalue weighted by molar-refractivity contribution is 5.50. The smallest absolute Gasteiger partial charge is 0.123 e. The number of hydrogen-bond donors (Lipinski definition) is 1. The van der Waals surface area contributed by atoms with Crippen LogP contribution >= 0.6 is 0 Å². The van der Waals surface area contributed by atoms with Crippen LogP contribution in [-0.2, 0) is 0 Å². The lowest BCUT2D eigenvalue weighted by Gasteiger charge is -2.17. The molecule has 0 radical (unpaired) electrons. The predicted octanol–water partition coefficient (Wildman–Crippen LogP) is 4.76. The zero-order valence-corrected chi connectivity index (χ0v) is 11.2. The molecule has 0 spiro atoms. The van der Waals surface area contributed by atoms with Crippen molar-refractivity contribution in [1.29, 1.82) is 0 Å². The minimum atomic E-state index is -0.161. The first-order valence-corrected chi connectivity index (χ1v) is 6.67. The Balaban J connectivity index is 2.47. The Morgan fingerprint density at radius 1 is 1.29 bits per heavy atom. The maximum atomic E-state index is 13.0. The third kappa shape index (κ3) is 4.76. The fourth-order valence-corrected chi connectivity index (χ4v) is 2.02. The lowest BCUT2D eigenvalue weighted by molar-refractivity contribution is 0.472. The summed E-state index contributed by atoms with van der Waals surface area (Å²) in [6, 6.07) is 4.93. The topological polar surface area (TPSA) is 12.0 Å². The fourth-order valence-electron chi connectivity index (χ4n) is 2.02. The molecule has 96 valence electrons. The molecular weight excluding hydrogens is 213 g/mol. The number of hydrogen-bond acceptors (Lipinski definition) is 1. The molecule has 1 N–H and O–H groups in total. The van der Waals surface area contributed by atoms with Crippen LogP contribution in [0.25, 0.3) is 0 Å². The summed E-state index contributed by atoms with van der Waals surface area (Å²) >= 11 is 0. The number of halogens is 1. The third-order valence-electron chi connectivity index (χ3n) is 3.31. The Labute approximate surface area is 104 Å². The van der Waals surface area contributed by atoms with Crippen LogP contribution in [0.4, 0.5) is 10.1 Å². The quantitative estimate of drug-likeness (QED) is 0.720. The summed E-state index contributed by atoms with van der Waals surface area (Å²) in [6.07, 6.45) is 5.03. The van der Waals surface area contributed by atoms with Crippen molar-refractivity contribution in [2.45, 2.75) is 46.5 Å². The van der Waals surface area contributed by atoms with E-state index in [1.54, 1.807) is 6.07 Å². The molecule has 1 aromatic carbocycles. The van der Waals surface area contributed by atoms with Crippen molar-refractivity contribution in [3.8, 4) is 0 Å². The molecule has 1 nitrogen and oxygen atoms in total. The number of benzene rings is 1. The summed E-state index contributed by atoms with van der Waals surface area (Å²) in [5.41, 5.74) is 2.04. The zero-order chi connectivity index (χ0) is 12.7. The van der Waals surface area contributed by atoms with Crippen molar-refractivity contribution in [2.75, 3.05) is 11.9 Å². The normalized spacial score (nSPS) is 12.5. The van der Waals surface area contributed by atoms with Gasteiger partial charge in [-0.3, -0.25) is 0 Å². The van der Waals surface area contributed by atoms with Gasteiger partial charge in [-0.25, -0.2) is 4.39 Å². The number of anilines is 1. The summed E-state index contributed by atoms with van der Waals surface area (Å²) in [7, 11) is 0. The summed E-state index contributed by atoms with van der Waals surface area (Å²) in [5, 5.41) is 3.43. The first-order valence-electron chi connectivity index (χ1n) is 6.67. The highest BCUT2D eigenvalue weighted by atomic mass is 19.1. The van der Waals surface area contributed by atoms with E-state index in [4.69, 9.17) is 0 Å². The van der Waals surface area contributed by atoms with Crippen LogP contribution in [0.2, 0.25) is 0 Å². The van der Waals surface area contributed by atoms with E-state index in [1.807, 2.05) is 13.0 Å². The molecule has 0 heterocycles. The van der Waals surface area contributed by atoms with Gasteiger partial charge in [-0.1, -0.05) is 33.1 Å². The molecule has 0 aliphatic rings. The monoisotopic (exact) mass is 237 g/mol. The highest BCUT2D eigenvalue weighted by Gasteiger charge is 2.06. The van der Waals surface area contributed by atoms with Gasteiger partial charge in [0.05, 0.1) is 0 Å². The van der Waals surface area contributed by atoms with Gasteiger partial charge in [-0.15, -0.1) is 0 Å². The number of aryl methyl sites for hydroxylation is 1. The minimum absolute atomic E-state index is 0.161. The molecule has 1 atom stereocenters. The van der Waals surface area contributed by atoms with Gasteiger partial charge in [0, 0.05) is 12.2 Å². The van der Waals surface area contributed by atoms with Crippen molar-refractivity contribution in [2.24, 2.45) is 5.92 Å². The van der Waals surface area contributed by atoms with Gasteiger partial charge in [0.2, 0.25) is 0 Å². The van der Waals surface area contributed by atoms with Crippen molar-refractivity contribution in [1.82, 2.24) is 0 Å². The van der Waals surface area contributed by atoms with Crippen LogP contribution in [0.1, 0.15) is 45.1 Å². The van der Waals surface area contributed by atoms with Gasteiger partial charge in [-0.2, -0.15) is 0 Å². The Kier molecular flexibility index (Phi) is 6.03. The highest BCUT2D eigenvalue weighted by Crippen LogP contribution is 2.18. The standard InChI is InChI=1S/C15H24FN/c1-4-6-7-13(5-2)11-17-15-9-8-14(16)10-12(15)3/h8-10,13,17H,4-7,11H2,1-3H3. The summed E-state index contributed by atoms with van der Waals surface area (Å²) in [4.78, 5) is 0. The summed E-state index contributed by atoms with van der Waals surface area (Å²) in [6.45, 7) is 7.39. The molecule has 0 aromatic heterocycles. The second-order valence-corrected chi connectivity index (χ2v) is 4.76. The van der Waals surface area contributed by atoms with Crippen molar-refractivity contribution >= 4 is 5.69 Å². The van der Waals surface area contributed by atoms with E-state index in [9.17, 15) is 4.39 Å². The van der Waals surface area contributed by atoms with Gasteiger partial charge in [0.15, 0.2) is 0 Å². The van der Waals surface area contributed by atoms with Crippen LogP contribution in [0, 0.1) is 18.7 Å². The average Bonchev–Trinajstić information content (AvgIpc) is 2.31. The Morgan fingerprint density at radius 2 is 2.06 bits per heavy atom. The molecule has 0 fully saturated rings. The van der Waals surface area contributed by atoms with E-state index >= 15 is 0 Å². The average molecular weight is 237 g/mol. The van der Waals surface area contributed by atoms with E-state index in [2.05, 4.69) is 19.2 Å². The van der Waals surface area contributed by atoms with E-state index in [-0.39, 0.29) is 5.82 Å². The van der Waals surface area contributed by atoms with E-state index in [0.29, 0.717) is 0 Å². The first-order chi connectivity index (χ1) is 8.17. The maximum Gasteiger partial charge on any atom is 0.123 e. The van der Waals surface area contributed by atoms with Gasteiger partial charge in [0.1, 0.15) is 5.82 Å². The van der Waals surface area contributed by atoms with Crippen LogP contribution in [0.15, 0.2) is 18.2 Å². The third-order valence-corrected chi connectivity index (χ3v) is 3.31. The van der Waals surface area contributed by atoms with Gasteiger partial charge < -0.3 is 5.32 Å². The number of rotatable bonds is 7. The van der Waals surface area contributed by atoms with Crippen molar-refractivity contribution in [3.63, 3.8) is 0 Å². The van der Waals surface area contributed by atoms with Crippen molar-refractivity contribution in [3.05, 3.63) is 29.6 Å². The second kappa shape index (κ2) is 7.31. The molecule has 1 aromatic rings. The molecule has 0 aliphatic carbocycles. The molecule has 0 amide bonds. The van der Waals surface area contributed by atoms with Gasteiger partial charge in [-0.05, 0) is 43.0 Å². The lowest BCUT2D eigenvalue weighted by atomic mass is 9.99. The van der Waals surface area contributed by atoms with Crippen molar-refractivity contribution < 1.29 is 4.39 Å². The number of nitrogens with one attached hydrogen (secondary N) is 1. The summed E-state index contributed by atoms with van der Waals surface area (Å²) < 4.78 is 13.0. The molecule has 0 aliphatic heterocycles. The maximum absolute atomic E-state index is 13.0. The van der Waals surface area contributed by atoms with E-state index in [0.717, 1.165) is 23.7 Å². The predicted molar refractivity (Wildman–Crippen MR) is 72.9 cm³/mol. The molecule has 1 unspecified atom stereocenters. The molecule has 0 saturated heterocycles. The van der Waals surface area contributed by atoms with E-state index < -0.39 is 0 Å². The Morgan fingerprint density at radius 3 is 2.65 bits per heavy atom. The van der Waals surface area contributed by atoms with Gasteiger partial charge >= 0.3 is 0 Å². The minimum Gasteiger partial charge on any atom is -0.385 e. The lowest BCUT2D eigenvalue weighted by Crippen LogP contribution is -2.14. The molecule has 0 saturated carbocycles. The second-order valence-electron chi connectivity index (χ2n) is 4.76. The Hall–Kier alpha value is -1.05. The van der Waals surface area contributed by atoms with Gasteiger partial charge in [0.25, 0.3) is 0 Å². The van der Waals surface area contributed by atoms with E-state index in [1.165, 1.54) is 31.7 Å². The SMILES string of the molecule is CCCCC(CC)CNc1ccc(F)cc1C. The largest absolute Gasteiger partial charge is 0.385 e. The molecule has 17 heavy (non-hydrogen) atoms. The zero-order valence-electron chi connectivity index (χ0n) is 11.2. The fraction of sp³-hybridized carbons (Fsp3) is 0.600. The van der Waals surface area contributed by atoms with Crippen LogP contribution in [-0.4, -0.2) is 6.54 Å². The molecule has 1 rings (SSSR count). The van der Waals surface area contributed by atoms with Crippen LogP contribution in [0.3, 0.4) is 0 Å².